The first-order valence-corrected chi connectivity index (χ1v) is 7.10. The number of phenolic OH excluding ortho intramolecular Hbond substituents is 1. The van der Waals surface area contributed by atoms with Crippen LogP contribution in [0.3, 0.4) is 0 Å². The van der Waals surface area contributed by atoms with Gasteiger partial charge in [0, 0.05) is 25.3 Å². The van der Waals surface area contributed by atoms with Gasteiger partial charge in [0.05, 0.1) is 13.3 Å². The molecule has 0 radical (unpaired) electrons. The van der Waals surface area contributed by atoms with Gasteiger partial charge in [-0.2, -0.15) is 5.10 Å². The molecule has 1 aromatic carbocycles. The fraction of sp³-hybridized carbons (Fsp3) is 0.429. The maximum atomic E-state index is 9.87. The molecule has 1 aromatic rings. The lowest BCUT2D eigenvalue weighted by Crippen LogP contribution is -2.33. The van der Waals surface area contributed by atoms with Gasteiger partial charge in [-0.1, -0.05) is 6.07 Å². The molecule has 0 aliphatic carbocycles. The Labute approximate surface area is 130 Å². The lowest BCUT2D eigenvalue weighted by molar-refractivity contribution is 0.145. The van der Waals surface area contributed by atoms with Gasteiger partial charge in [-0.05, 0) is 37.7 Å². The Balaban J connectivity index is 2.35. The summed E-state index contributed by atoms with van der Waals surface area (Å²) in [7, 11) is 1.50. The van der Waals surface area contributed by atoms with E-state index >= 15 is 0 Å². The Morgan fingerprint density at radius 3 is 3.00 bits per heavy atom. The van der Waals surface area contributed by atoms with Gasteiger partial charge in [-0.15, -0.1) is 0 Å². The van der Waals surface area contributed by atoms with Crippen molar-refractivity contribution in [2.75, 3.05) is 26.9 Å². The Morgan fingerprint density at radius 2 is 2.29 bits per heavy atom. The second kappa shape index (κ2) is 9.95. The monoisotopic (exact) mass is 311 g/mol. The number of ether oxygens (including phenoxy) is 2. The van der Waals surface area contributed by atoms with Crippen molar-refractivity contribution >= 4 is 23.5 Å². The van der Waals surface area contributed by atoms with Crippen LogP contribution in [-0.4, -0.2) is 43.3 Å². The summed E-state index contributed by atoms with van der Waals surface area (Å²) >= 11 is 5.06. The summed E-state index contributed by atoms with van der Waals surface area (Å²) in [5.41, 5.74) is 3.23. The van der Waals surface area contributed by atoms with E-state index in [1.807, 2.05) is 6.92 Å². The fourth-order valence-electron chi connectivity index (χ4n) is 1.53. The normalized spacial score (nSPS) is 10.6. The van der Waals surface area contributed by atoms with Crippen molar-refractivity contribution in [2.24, 2.45) is 5.10 Å². The number of nitrogens with zero attached hydrogens (tertiary/aromatic N) is 1. The van der Waals surface area contributed by atoms with Crippen molar-refractivity contribution in [2.45, 2.75) is 13.3 Å². The van der Waals surface area contributed by atoms with Crippen molar-refractivity contribution in [3.8, 4) is 11.5 Å². The van der Waals surface area contributed by atoms with E-state index in [1.54, 1.807) is 18.2 Å². The van der Waals surface area contributed by atoms with Crippen LogP contribution in [-0.2, 0) is 4.74 Å². The molecular weight excluding hydrogens is 290 g/mol. The number of methoxy groups -OCH3 is 1. The minimum atomic E-state index is 0.0427. The third-order valence-electron chi connectivity index (χ3n) is 2.57. The molecule has 0 saturated heterocycles. The molecule has 0 saturated carbocycles. The molecule has 0 atom stereocenters. The molecule has 0 unspecified atom stereocenters. The first-order valence-electron chi connectivity index (χ1n) is 6.69. The number of hydrazone groups is 1. The molecule has 0 heterocycles. The molecule has 21 heavy (non-hydrogen) atoms. The van der Waals surface area contributed by atoms with E-state index in [-0.39, 0.29) is 5.75 Å². The minimum Gasteiger partial charge on any atom is -0.504 e. The van der Waals surface area contributed by atoms with E-state index < -0.39 is 0 Å². The molecule has 1 rings (SSSR count). The number of phenols is 1. The number of aromatic hydroxyl groups is 1. The van der Waals surface area contributed by atoms with Crippen molar-refractivity contribution in [3.05, 3.63) is 23.8 Å². The maximum Gasteiger partial charge on any atom is 0.186 e. The van der Waals surface area contributed by atoms with Crippen molar-refractivity contribution < 1.29 is 14.6 Å². The molecule has 0 spiro atoms. The van der Waals surface area contributed by atoms with Gasteiger partial charge >= 0.3 is 0 Å². The van der Waals surface area contributed by atoms with E-state index in [4.69, 9.17) is 21.7 Å². The van der Waals surface area contributed by atoms with E-state index in [0.717, 1.165) is 13.0 Å². The molecule has 116 valence electrons. The first kappa shape index (κ1) is 17.2. The van der Waals surface area contributed by atoms with Crippen LogP contribution in [0.25, 0.3) is 0 Å². The van der Waals surface area contributed by atoms with Crippen LogP contribution >= 0.6 is 12.2 Å². The van der Waals surface area contributed by atoms with Crippen LogP contribution in [0, 0.1) is 0 Å². The summed E-state index contributed by atoms with van der Waals surface area (Å²) in [6.45, 7) is 4.10. The number of para-hydroxylation sites is 1. The topological polar surface area (TPSA) is 75.1 Å². The van der Waals surface area contributed by atoms with Crippen LogP contribution in [0.2, 0.25) is 0 Å². The minimum absolute atomic E-state index is 0.0427. The highest BCUT2D eigenvalue weighted by molar-refractivity contribution is 7.80. The third-order valence-corrected chi connectivity index (χ3v) is 2.81. The second-order valence-corrected chi connectivity index (χ2v) is 4.48. The standard InChI is InChI=1S/C14H21N3O3S/c1-3-20-9-5-8-15-14(21)17-16-10-11-6-4-7-12(19-2)13(11)18/h4,6-7,10,18H,3,5,8-9H2,1-2H3,(H2,15,17,21)/b16-10+. The highest BCUT2D eigenvalue weighted by atomic mass is 32.1. The smallest absolute Gasteiger partial charge is 0.186 e. The zero-order valence-electron chi connectivity index (χ0n) is 12.3. The Bertz CT molecular complexity index is 481. The van der Waals surface area contributed by atoms with Crippen LogP contribution in [0.4, 0.5) is 0 Å². The van der Waals surface area contributed by atoms with Crippen molar-refractivity contribution in [3.63, 3.8) is 0 Å². The first-order chi connectivity index (χ1) is 10.2. The summed E-state index contributed by atoms with van der Waals surface area (Å²) in [6.07, 6.45) is 2.35. The molecule has 0 aliphatic rings. The van der Waals surface area contributed by atoms with E-state index in [9.17, 15) is 5.11 Å². The lowest BCUT2D eigenvalue weighted by atomic mass is 10.2. The third kappa shape index (κ3) is 6.42. The van der Waals surface area contributed by atoms with Gasteiger partial charge in [-0.3, -0.25) is 5.43 Å². The number of thiocarbonyl (C=S) groups is 1. The largest absolute Gasteiger partial charge is 0.504 e. The van der Waals surface area contributed by atoms with E-state index in [0.29, 0.717) is 29.6 Å². The Kier molecular flexibility index (Phi) is 8.15. The number of nitrogens with one attached hydrogen (secondary N) is 2. The summed E-state index contributed by atoms with van der Waals surface area (Å²) in [5, 5.41) is 17.3. The average Bonchev–Trinajstić information content (AvgIpc) is 2.49. The highest BCUT2D eigenvalue weighted by Crippen LogP contribution is 2.27. The molecule has 0 aliphatic heterocycles. The Morgan fingerprint density at radius 1 is 1.48 bits per heavy atom. The van der Waals surface area contributed by atoms with Crippen LogP contribution in [0.15, 0.2) is 23.3 Å². The maximum absolute atomic E-state index is 9.87. The fourth-order valence-corrected chi connectivity index (χ4v) is 1.68. The van der Waals surface area contributed by atoms with Crippen molar-refractivity contribution in [1.82, 2.24) is 10.7 Å². The average molecular weight is 311 g/mol. The summed E-state index contributed by atoms with van der Waals surface area (Å²) in [5.74, 6) is 0.441. The molecule has 7 heteroatoms. The molecule has 6 nitrogen and oxygen atoms in total. The number of rotatable bonds is 8. The molecular formula is C14H21N3O3S. The summed E-state index contributed by atoms with van der Waals surface area (Å²) < 4.78 is 10.2. The van der Waals surface area contributed by atoms with E-state index in [2.05, 4.69) is 15.8 Å². The molecule has 0 amide bonds. The molecule has 0 bridgehead atoms. The van der Waals surface area contributed by atoms with Gasteiger partial charge in [0.25, 0.3) is 0 Å². The zero-order chi connectivity index (χ0) is 15.5. The van der Waals surface area contributed by atoms with Crippen LogP contribution in [0.1, 0.15) is 18.9 Å². The van der Waals surface area contributed by atoms with Gasteiger partial charge in [0.2, 0.25) is 0 Å². The van der Waals surface area contributed by atoms with Gasteiger partial charge in [0.1, 0.15) is 0 Å². The highest BCUT2D eigenvalue weighted by Gasteiger charge is 2.04. The number of hydrogen-bond donors (Lipinski definition) is 3. The molecule has 0 aromatic heterocycles. The summed E-state index contributed by atoms with van der Waals surface area (Å²) in [6, 6.07) is 5.16. The second-order valence-electron chi connectivity index (χ2n) is 4.07. The SMILES string of the molecule is CCOCCCNC(=S)N/N=C/c1cccc(OC)c1O. The van der Waals surface area contributed by atoms with Crippen LogP contribution < -0.4 is 15.5 Å². The predicted molar refractivity (Wildman–Crippen MR) is 87.1 cm³/mol. The lowest BCUT2D eigenvalue weighted by Gasteiger charge is -2.07. The van der Waals surface area contributed by atoms with E-state index in [1.165, 1.54) is 13.3 Å². The van der Waals surface area contributed by atoms with Gasteiger partial charge in [0.15, 0.2) is 16.6 Å². The van der Waals surface area contributed by atoms with Crippen LogP contribution in [0.5, 0.6) is 11.5 Å². The van der Waals surface area contributed by atoms with Crippen molar-refractivity contribution in [1.29, 1.82) is 0 Å². The predicted octanol–water partition coefficient (Wildman–Crippen LogP) is 1.63. The quantitative estimate of drug-likeness (QED) is 0.293. The Hall–Kier alpha value is -1.86. The summed E-state index contributed by atoms with van der Waals surface area (Å²) in [4.78, 5) is 0. The van der Waals surface area contributed by atoms with Gasteiger partial charge in [-0.25, -0.2) is 0 Å². The molecule has 0 fully saturated rings. The van der Waals surface area contributed by atoms with Gasteiger partial charge < -0.3 is 19.9 Å². The number of benzene rings is 1. The number of hydrogen-bond acceptors (Lipinski definition) is 5. The molecule has 3 N–H and O–H groups in total. The zero-order valence-corrected chi connectivity index (χ0v) is 13.1.